The van der Waals surface area contributed by atoms with Gasteiger partial charge in [0.05, 0.1) is 26.8 Å². The van der Waals surface area contributed by atoms with E-state index >= 15 is 0 Å². The number of aromatic amines is 1. The van der Waals surface area contributed by atoms with E-state index in [1.807, 2.05) is 0 Å². The van der Waals surface area contributed by atoms with Crippen molar-refractivity contribution in [2.75, 3.05) is 23.3 Å². The van der Waals surface area contributed by atoms with Crippen LogP contribution in [0.4, 0.5) is 11.4 Å². The predicted octanol–water partition coefficient (Wildman–Crippen LogP) is 2.51. The highest BCUT2D eigenvalue weighted by molar-refractivity contribution is 9.10. The molecule has 1 aliphatic rings. The van der Waals surface area contributed by atoms with Gasteiger partial charge < -0.3 is 20.9 Å². The second-order valence-corrected chi connectivity index (χ2v) is 6.93. The molecule has 1 fully saturated rings. The molecule has 1 amide bonds. The third-order valence-electron chi connectivity index (χ3n) is 4.34. The molecule has 4 N–H and O–H groups in total. The normalized spacial score (nSPS) is 17.2. The summed E-state index contributed by atoms with van der Waals surface area (Å²) in [6.45, 7) is 1.65. The molecule has 3 aromatic heterocycles. The number of hydrogen-bond donors (Lipinski definition) is 3. The van der Waals surface area contributed by atoms with Gasteiger partial charge in [-0.05, 0) is 34.5 Å². The summed E-state index contributed by atoms with van der Waals surface area (Å²) >= 11 is 3.60. The van der Waals surface area contributed by atoms with Crippen LogP contribution in [0.25, 0.3) is 11.0 Å². The van der Waals surface area contributed by atoms with E-state index in [1.54, 1.807) is 36.9 Å². The molecule has 0 bridgehead atoms. The molecule has 128 valence electrons. The minimum absolute atomic E-state index is 0.155. The summed E-state index contributed by atoms with van der Waals surface area (Å²) in [5, 5.41) is 3.83. The fourth-order valence-electron chi connectivity index (χ4n) is 3.15. The average Bonchev–Trinajstić information content (AvgIpc) is 3.22. The highest BCUT2D eigenvalue weighted by atomic mass is 79.9. The van der Waals surface area contributed by atoms with E-state index < -0.39 is 0 Å². The van der Waals surface area contributed by atoms with Crippen molar-refractivity contribution >= 4 is 44.2 Å². The van der Waals surface area contributed by atoms with Gasteiger partial charge >= 0.3 is 0 Å². The summed E-state index contributed by atoms with van der Waals surface area (Å²) < 4.78 is 0.880. The fraction of sp³-hybridized carbons (Fsp3) is 0.235. The Hall–Kier alpha value is -2.45. The molecule has 4 heterocycles. The van der Waals surface area contributed by atoms with Crippen LogP contribution in [-0.4, -0.2) is 40.0 Å². The molecule has 4 rings (SSSR count). The second-order valence-electron chi connectivity index (χ2n) is 6.07. The van der Waals surface area contributed by atoms with E-state index in [1.165, 1.54) is 0 Å². The zero-order valence-corrected chi connectivity index (χ0v) is 15.0. The lowest BCUT2D eigenvalue weighted by Gasteiger charge is -2.21. The lowest BCUT2D eigenvalue weighted by atomic mass is 10.2. The quantitative estimate of drug-likeness (QED) is 0.626. The Balaban J connectivity index is 1.75. The number of nitrogens with one attached hydrogen (secondary N) is 2. The van der Waals surface area contributed by atoms with Crippen LogP contribution in [0, 0.1) is 0 Å². The van der Waals surface area contributed by atoms with Crippen LogP contribution in [0.5, 0.6) is 0 Å². The SMILES string of the molecule is N[C@@H]1CCN(c2c(Br)cnc3[nH]cc(NC(=O)c4cccnc4)c23)C1. The van der Waals surface area contributed by atoms with Crippen LogP contribution < -0.4 is 16.0 Å². The van der Waals surface area contributed by atoms with Gasteiger partial charge in [-0.1, -0.05) is 0 Å². The van der Waals surface area contributed by atoms with Crippen molar-refractivity contribution in [3.8, 4) is 0 Å². The van der Waals surface area contributed by atoms with Crippen LogP contribution in [0.2, 0.25) is 0 Å². The Morgan fingerprint density at radius 1 is 1.44 bits per heavy atom. The number of rotatable bonds is 3. The number of H-pyrrole nitrogens is 1. The Kier molecular flexibility index (Phi) is 4.14. The number of carbonyl (C=O) groups is 1. The van der Waals surface area contributed by atoms with Crippen LogP contribution in [-0.2, 0) is 0 Å². The third-order valence-corrected chi connectivity index (χ3v) is 4.92. The molecule has 1 saturated heterocycles. The van der Waals surface area contributed by atoms with Gasteiger partial charge in [-0.15, -0.1) is 0 Å². The van der Waals surface area contributed by atoms with E-state index in [4.69, 9.17) is 5.73 Å². The fourth-order valence-corrected chi connectivity index (χ4v) is 3.70. The smallest absolute Gasteiger partial charge is 0.257 e. The number of fused-ring (bicyclic) bond motifs is 1. The Morgan fingerprint density at radius 3 is 3.04 bits per heavy atom. The number of pyridine rings is 2. The van der Waals surface area contributed by atoms with Crippen molar-refractivity contribution in [2.24, 2.45) is 5.73 Å². The molecule has 25 heavy (non-hydrogen) atoms. The first-order valence-electron chi connectivity index (χ1n) is 8.01. The summed E-state index contributed by atoms with van der Waals surface area (Å²) in [5.74, 6) is -0.210. The van der Waals surface area contributed by atoms with Crippen LogP contribution in [0.3, 0.4) is 0 Å². The van der Waals surface area contributed by atoms with E-state index in [2.05, 4.69) is 41.1 Å². The number of hydrogen-bond acceptors (Lipinski definition) is 5. The van der Waals surface area contributed by atoms with Gasteiger partial charge in [0.2, 0.25) is 0 Å². The van der Waals surface area contributed by atoms with Gasteiger partial charge in [0.25, 0.3) is 5.91 Å². The van der Waals surface area contributed by atoms with Crippen molar-refractivity contribution in [2.45, 2.75) is 12.5 Å². The third kappa shape index (κ3) is 2.98. The monoisotopic (exact) mass is 400 g/mol. The molecule has 0 saturated carbocycles. The molecular formula is C17H17BrN6O. The molecule has 3 aromatic rings. The van der Waals surface area contributed by atoms with E-state index in [0.29, 0.717) is 11.3 Å². The number of anilines is 2. The van der Waals surface area contributed by atoms with Gasteiger partial charge in [0, 0.05) is 43.9 Å². The van der Waals surface area contributed by atoms with Gasteiger partial charge in [0.15, 0.2) is 0 Å². The first kappa shape index (κ1) is 16.0. The number of carbonyl (C=O) groups excluding carboxylic acids is 1. The minimum Gasteiger partial charge on any atom is -0.368 e. The van der Waals surface area contributed by atoms with Crippen molar-refractivity contribution in [3.05, 3.63) is 47.0 Å². The van der Waals surface area contributed by atoms with E-state index in [-0.39, 0.29) is 11.9 Å². The van der Waals surface area contributed by atoms with E-state index in [0.717, 1.165) is 40.7 Å². The summed E-state index contributed by atoms with van der Waals surface area (Å²) in [6, 6.07) is 3.62. The Bertz CT molecular complexity index is 926. The molecule has 1 atom stereocenters. The number of nitrogens with zero attached hydrogens (tertiary/aromatic N) is 3. The number of aromatic nitrogens is 3. The molecule has 8 heteroatoms. The van der Waals surface area contributed by atoms with Gasteiger partial charge in [-0.25, -0.2) is 4.98 Å². The summed E-state index contributed by atoms with van der Waals surface area (Å²) in [6.07, 6.45) is 7.65. The molecule has 0 aliphatic carbocycles. The van der Waals surface area contributed by atoms with Gasteiger partial charge in [-0.3, -0.25) is 9.78 Å². The summed E-state index contributed by atoms with van der Waals surface area (Å²) in [4.78, 5) is 26.2. The number of nitrogens with two attached hydrogens (primary N) is 1. The topological polar surface area (TPSA) is 99.9 Å². The molecule has 0 unspecified atom stereocenters. The van der Waals surface area contributed by atoms with Crippen molar-refractivity contribution in [3.63, 3.8) is 0 Å². The second kappa shape index (κ2) is 6.45. The lowest BCUT2D eigenvalue weighted by molar-refractivity contribution is 0.102. The van der Waals surface area contributed by atoms with E-state index in [9.17, 15) is 4.79 Å². The molecule has 0 spiro atoms. The summed E-state index contributed by atoms with van der Waals surface area (Å²) in [5.41, 5.74) is 8.98. The minimum atomic E-state index is -0.210. The molecule has 0 aromatic carbocycles. The van der Waals surface area contributed by atoms with Crippen molar-refractivity contribution in [1.82, 2.24) is 15.0 Å². The molecule has 7 nitrogen and oxygen atoms in total. The molecular weight excluding hydrogens is 384 g/mol. The van der Waals surface area contributed by atoms with Crippen molar-refractivity contribution < 1.29 is 4.79 Å². The maximum absolute atomic E-state index is 12.5. The summed E-state index contributed by atoms with van der Waals surface area (Å²) in [7, 11) is 0. The standard InChI is InChI=1S/C17H17BrN6O/c18-12-7-21-16-14(15(12)24-5-3-11(19)9-24)13(8-22-16)23-17(25)10-2-1-4-20-6-10/h1-2,4,6-8,11H,3,5,9,19H2,(H,21,22)(H,23,25)/t11-/m1/s1. The zero-order chi connectivity index (χ0) is 17.4. The van der Waals surface area contributed by atoms with Crippen molar-refractivity contribution in [1.29, 1.82) is 0 Å². The lowest BCUT2D eigenvalue weighted by Crippen LogP contribution is -2.26. The zero-order valence-electron chi connectivity index (χ0n) is 13.4. The largest absolute Gasteiger partial charge is 0.368 e. The average molecular weight is 401 g/mol. The first-order chi connectivity index (χ1) is 12.1. The van der Waals surface area contributed by atoms with Crippen LogP contribution in [0.1, 0.15) is 16.8 Å². The van der Waals surface area contributed by atoms with Gasteiger partial charge in [-0.2, -0.15) is 0 Å². The Labute approximate surface area is 152 Å². The molecule has 1 aliphatic heterocycles. The Morgan fingerprint density at radius 2 is 2.32 bits per heavy atom. The first-order valence-corrected chi connectivity index (χ1v) is 8.80. The highest BCUT2D eigenvalue weighted by Crippen LogP contribution is 2.39. The van der Waals surface area contributed by atoms with Gasteiger partial charge in [0.1, 0.15) is 5.65 Å². The number of halogens is 1. The molecule has 0 radical (unpaired) electrons. The predicted molar refractivity (Wildman–Crippen MR) is 101 cm³/mol. The highest BCUT2D eigenvalue weighted by Gasteiger charge is 2.25. The van der Waals surface area contributed by atoms with Crippen LogP contribution >= 0.6 is 15.9 Å². The maximum Gasteiger partial charge on any atom is 0.257 e. The maximum atomic E-state index is 12.5. The van der Waals surface area contributed by atoms with Crippen LogP contribution in [0.15, 0.2) is 41.4 Å². The number of amides is 1.